The molecule has 2 atom stereocenters. The molecule has 0 bridgehead atoms. The molecule has 170 valence electrons. The number of likely N-dealkylation sites (tertiary alicyclic amines) is 1. The van der Waals surface area contributed by atoms with Gasteiger partial charge in [0.1, 0.15) is 11.6 Å². The predicted molar refractivity (Wildman–Crippen MR) is 121 cm³/mol. The maximum Gasteiger partial charge on any atom is 0.225 e. The number of aryl methyl sites for hydroxylation is 1. The Morgan fingerprint density at radius 3 is 2.62 bits per heavy atom. The second kappa shape index (κ2) is 9.72. The molecular formula is C26H31FN2O3. The zero-order valence-corrected chi connectivity index (χ0v) is 18.8. The fourth-order valence-corrected chi connectivity index (χ4v) is 4.60. The molecule has 2 fully saturated rings. The Morgan fingerprint density at radius 1 is 1.12 bits per heavy atom. The van der Waals surface area contributed by atoms with Crippen LogP contribution in [0.4, 0.5) is 4.39 Å². The normalized spacial score (nSPS) is 20.7. The molecular weight excluding hydrogens is 407 g/mol. The third-order valence-corrected chi connectivity index (χ3v) is 6.60. The second-order valence-corrected chi connectivity index (χ2v) is 9.01. The molecule has 1 saturated heterocycles. The van der Waals surface area contributed by atoms with Crippen molar-refractivity contribution in [3.8, 4) is 5.75 Å². The summed E-state index contributed by atoms with van der Waals surface area (Å²) in [4.78, 5) is 27.7. The minimum atomic E-state index is -0.278. The number of ether oxygens (including phenoxy) is 1. The predicted octanol–water partition coefficient (Wildman–Crippen LogP) is 3.84. The lowest BCUT2D eigenvalue weighted by Crippen LogP contribution is -2.48. The van der Waals surface area contributed by atoms with Crippen molar-refractivity contribution >= 4 is 11.8 Å². The van der Waals surface area contributed by atoms with E-state index in [2.05, 4.69) is 5.32 Å². The summed E-state index contributed by atoms with van der Waals surface area (Å²) >= 11 is 0. The Hall–Kier alpha value is -2.89. The average Bonchev–Trinajstić information content (AvgIpc) is 3.66. The number of carbonyl (C=O) groups is 2. The van der Waals surface area contributed by atoms with Crippen LogP contribution in [0.15, 0.2) is 42.5 Å². The van der Waals surface area contributed by atoms with Crippen LogP contribution >= 0.6 is 0 Å². The molecule has 2 amide bonds. The molecule has 1 aliphatic heterocycles. The highest BCUT2D eigenvalue weighted by Crippen LogP contribution is 2.36. The molecule has 2 aliphatic rings. The van der Waals surface area contributed by atoms with Crippen LogP contribution in [0.3, 0.4) is 0 Å². The van der Waals surface area contributed by atoms with Gasteiger partial charge < -0.3 is 15.0 Å². The fraction of sp³-hybridized carbons (Fsp3) is 0.462. The minimum absolute atomic E-state index is 0.0238. The van der Waals surface area contributed by atoms with Crippen LogP contribution in [0.25, 0.3) is 0 Å². The summed E-state index contributed by atoms with van der Waals surface area (Å²) in [6.45, 7) is 3.29. The highest BCUT2D eigenvalue weighted by Gasteiger charge is 2.39. The zero-order valence-electron chi connectivity index (χ0n) is 18.8. The van der Waals surface area contributed by atoms with Crippen molar-refractivity contribution in [1.29, 1.82) is 0 Å². The van der Waals surface area contributed by atoms with Gasteiger partial charge in [-0.05, 0) is 61.4 Å². The van der Waals surface area contributed by atoms with Crippen LogP contribution in [0.5, 0.6) is 5.75 Å². The van der Waals surface area contributed by atoms with E-state index < -0.39 is 0 Å². The number of carbonyl (C=O) groups excluding carboxylic acids is 2. The fourth-order valence-electron chi connectivity index (χ4n) is 4.60. The lowest BCUT2D eigenvalue weighted by molar-refractivity contribution is -0.137. The summed E-state index contributed by atoms with van der Waals surface area (Å²) in [6.07, 6.45) is 3.20. The largest absolute Gasteiger partial charge is 0.496 e. The van der Waals surface area contributed by atoms with E-state index >= 15 is 0 Å². The standard InChI is InChI=1S/C26H31FN2O3/c1-17-13-20(9-10-23(17)27)21-14-22(16-29(15-21)26(31)19-7-8-19)25(30)28-12-11-18-5-3-4-6-24(18)32-2/h3-6,9-10,13,19,21-22H,7-8,11-12,14-16H2,1-2H3,(H,28,30)/t21-,22-/m0/s1. The van der Waals surface area contributed by atoms with E-state index in [9.17, 15) is 14.0 Å². The van der Waals surface area contributed by atoms with Gasteiger partial charge in [-0.15, -0.1) is 0 Å². The van der Waals surface area contributed by atoms with Gasteiger partial charge in [0.15, 0.2) is 0 Å². The highest BCUT2D eigenvalue weighted by atomic mass is 19.1. The molecule has 2 aromatic carbocycles. The Kier molecular flexibility index (Phi) is 6.77. The van der Waals surface area contributed by atoms with Gasteiger partial charge in [0.2, 0.25) is 11.8 Å². The van der Waals surface area contributed by atoms with Gasteiger partial charge in [-0.3, -0.25) is 9.59 Å². The molecule has 4 rings (SSSR count). The van der Waals surface area contributed by atoms with E-state index in [1.165, 1.54) is 6.07 Å². The van der Waals surface area contributed by atoms with Gasteiger partial charge in [0.25, 0.3) is 0 Å². The maximum atomic E-state index is 13.8. The molecule has 1 heterocycles. The van der Waals surface area contributed by atoms with E-state index in [4.69, 9.17) is 4.74 Å². The first-order chi connectivity index (χ1) is 15.5. The highest BCUT2D eigenvalue weighted by molar-refractivity contribution is 5.83. The molecule has 0 aromatic heterocycles. The molecule has 1 aliphatic carbocycles. The molecule has 1 saturated carbocycles. The molecule has 32 heavy (non-hydrogen) atoms. The third kappa shape index (κ3) is 5.12. The van der Waals surface area contributed by atoms with E-state index in [-0.39, 0.29) is 35.4 Å². The van der Waals surface area contributed by atoms with Crippen LogP contribution in [-0.4, -0.2) is 43.5 Å². The quantitative estimate of drug-likeness (QED) is 0.715. The minimum Gasteiger partial charge on any atom is -0.496 e. The van der Waals surface area contributed by atoms with Crippen molar-refractivity contribution < 1.29 is 18.7 Å². The smallest absolute Gasteiger partial charge is 0.225 e. The van der Waals surface area contributed by atoms with Crippen LogP contribution < -0.4 is 10.1 Å². The zero-order chi connectivity index (χ0) is 22.7. The summed E-state index contributed by atoms with van der Waals surface area (Å²) < 4.78 is 19.2. The van der Waals surface area contributed by atoms with Gasteiger partial charge in [-0.2, -0.15) is 0 Å². The number of nitrogens with zero attached hydrogens (tertiary/aromatic N) is 1. The second-order valence-electron chi connectivity index (χ2n) is 9.01. The van der Waals surface area contributed by atoms with Gasteiger partial charge in [0, 0.05) is 31.5 Å². The monoisotopic (exact) mass is 438 g/mol. The number of hydrogen-bond donors (Lipinski definition) is 1. The number of benzene rings is 2. The van der Waals surface area contributed by atoms with Gasteiger partial charge in [0.05, 0.1) is 13.0 Å². The van der Waals surface area contributed by atoms with Crippen molar-refractivity contribution in [2.75, 3.05) is 26.7 Å². The molecule has 6 heteroatoms. The number of methoxy groups -OCH3 is 1. The number of nitrogens with one attached hydrogen (secondary N) is 1. The van der Waals surface area contributed by atoms with Gasteiger partial charge in [-0.25, -0.2) is 4.39 Å². The maximum absolute atomic E-state index is 13.8. The number of halogens is 1. The topological polar surface area (TPSA) is 58.6 Å². The van der Waals surface area contributed by atoms with Crippen LogP contribution in [0, 0.1) is 24.6 Å². The van der Waals surface area contributed by atoms with Crippen LogP contribution in [0.2, 0.25) is 0 Å². The van der Waals surface area contributed by atoms with Gasteiger partial charge in [-0.1, -0.05) is 30.3 Å². The van der Waals surface area contributed by atoms with Crippen LogP contribution in [0.1, 0.15) is 41.9 Å². The molecule has 0 spiro atoms. The first-order valence-electron chi connectivity index (χ1n) is 11.4. The van der Waals surface area contributed by atoms with Gasteiger partial charge >= 0.3 is 0 Å². The van der Waals surface area contributed by atoms with Crippen molar-refractivity contribution in [3.05, 3.63) is 65.0 Å². The number of amides is 2. The van der Waals surface area contributed by atoms with Crippen LogP contribution in [-0.2, 0) is 16.0 Å². The van der Waals surface area contributed by atoms with Crippen molar-refractivity contribution in [2.45, 2.75) is 38.5 Å². The SMILES string of the molecule is COc1ccccc1CCNC(=O)[C@H]1C[C@H](c2ccc(F)c(C)c2)CN(C(=O)C2CC2)C1. The Bertz CT molecular complexity index is 989. The number of rotatable bonds is 7. The Morgan fingerprint density at radius 2 is 1.91 bits per heavy atom. The van der Waals surface area contributed by atoms with E-state index in [0.717, 1.165) is 29.7 Å². The number of hydrogen-bond acceptors (Lipinski definition) is 3. The summed E-state index contributed by atoms with van der Waals surface area (Å²) in [5.74, 6) is 0.555. The van der Waals surface area contributed by atoms with Crippen molar-refractivity contribution in [3.63, 3.8) is 0 Å². The molecule has 0 radical (unpaired) electrons. The first-order valence-corrected chi connectivity index (χ1v) is 11.4. The lowest BCUT2D eigenvalue weighted by Gasteiger charge is -2.37. The van der Waals surface area contributed by atoms with Crippen molar-refractivity contribution in [1.82, 2.24) is 10.2 Å². The average molecular weight is 439 g/mol. The van der Waals surface area contributed by atoms with Crippen molar-refractivity contribution in [2.24, 2.45) is 11.8 Å². The first kappa shape index (κ1) is 22.3. The molecule has 2 aromatic rings. The number of piperidine rings is 1. The summed E-state index contributed by atoms with van der Waals surface area (Å²) in [7, 11) is 1.64. The summed E-state index contributed by atoms with van der Waals surface area (Å²) in [6, 6.07) is 12.9. The third-order valence-electron chi connectivity index (χ3n) is 6.60. The summed E-state index contributed by atoms with van der Waals surface area (Å²) in [5.41, 5.74) is 2.62. The van der Waals surface area contributed by atoms with E-state index in [1.54, 1.807) is 20.1 Å². The lowest BCUT2D eigenvalue weighted by atomic mass is 9.83. The number of para-hydroxylation sites is 1. The molecule has 1 N–H and O–H groups in total. The molecule has 5 nitrogen and oxygen atoms in total. The Labute approximate surface area is 188 Å². The Balaban J connectivity index is 1.43. The van der Waals surface area contributed by atoms with E-state index in [1.807, 2.05) is 35.2 Å². The summed E-state index contributed by atoms with van der Waals surface area (Å²) in [5, 5.41) is 3.06. The molecule has 0 unspecified atom stereocenters. The van der Waals surface area contributed by atoms with E-state index in [0.29, 0.717) is 38.0 Å².